The predicted octanol–water partition coefficient (Wildman–Crippen LogP) is 2.75. The van der Waals surface area contributed by atoms with Crippen molar-refractivity contribution in [2.75, 3.05) is 25.5 Å². The van der Waals surface area contributed by atoms with E-state index in [1.54, 1.807) is 21.9 Å². The van der Waals surface area contributed by atoms with Crippen LogP contribution >= 0.6 is 0 Å². The third kappa shape index (κ3) is 4.00. The maximum Gasteiger partial charge on any atom is 0.257 e. The molecule has 2 aliphatic heterocycles. The molecule has 1 unspecified atom stereocenters. The molecule has 2 aromatic rings. The minimum absolute atomic E-state index is 0.0133. The molecule has 0 bridgehead atoms. The van der Waals surface area contributed by atoms with Gasteiger partial charge in [0.15, 0.2) is 0 Å². The van der Waals surface area contributed by atoms with E-state index in [1.807, 2.05) is 51.4 Å². The van der Waals surface area contributed by atoms with Gasteiger partial charge in [-0.25, -0.2) is 0 Å². The van der Waals surface area contributed by atoms with Gasteiger partial charge >= 0.3 is 0 Å². The maximum absolute atomic E-state index is 13.3. The van der Waals surface area contributed by atoms with E-state index in [0.29, 0.717) is 30.6 Å². The largest absolute Gasteiger partial charge is 0.352 e. The summed E-state index contributed by atoms with van der Waals surface area (Å²) >= 11 is 0. The number of para-hydroxylation sites is 1. The van der Waals surface area contributed by atoms with Crippen LogP contribution < -0.4 is 10.2 Å². The van der Waals surface area contributed by atoms with Gasteiger partial charge in [0.25, 0.3) is 5.91 Å². The molecule has 2 heterocycles. The number of fused-ring (bicyclic) bond motifs is 3. The van der Waals surface area contributed by atoms with Crippen molar-refractivity contribution in [3.63, 3.8) is 0 Å². The summed E-state index contributed by atoms with van der Waals surface area (Å²) in [6.07, 6.45) is 1.14. The first kappa shape index (κ1) is 22.0. The lowest BCUT2D eigenvalue weighted by molar-refractivity contribution is -0.121. The van der Waals surface area contributed by atoms with Crippen molar-refractivity contribution in [3.05, 3.63) is 65.2 Å². The van der Waals surface area contributed by atoms with Crippen molar-refractivity contribution in [1.29, 1.82) is 0 Å². The van der Waals surface area contributed by atoms with Gasteiger partial charge in [-0.05, 0) is 50.7 Å². The number of hydrogen-bond donors (Lipinski definition) is 1. The van der Waals surface area contributed by atoms with Gasteiger partial charge in [-0.2, -0.15) is 0 Å². The zero-order chi connectivity index (χ0) is 22.9. The standard InChI is InChI=1S/C25H30N4O3/c1-25-14-12-23(31)29(25)21-11-7-6-10-20(21)24(32)28(25)15-13-22(30)26-16-18-8-4-5-9-19(18)17-27(2)3/h4-11H,12-17H2,1-3H3,(H,26,30). The van der Waals surface area contributed by atoms with Crippen LogP contribution in [-0.2, 0) is 22.7 Å². The minimum atomic E-state index is -0.735. The molecule has 1 atom stereocenters. The van der Waals surface area contributed by atoms with Crippen molar-refractivity contribution in [2.24, 2.45) is 0 Å². The quantitative estimate of drug-likeness (QED) is 0.727. The van der Waals surface area contributed by atoms with E-state index in [0.717, 1.165) is 12.1 Å². The molecular formula is C25H30N4O3. The van der Waals surface area contributed by atoms with Gasteiger partial charge in [-0.15, -0.1) is 0 Å². The first-order valence-corrected chi connectivity index (χ1v) is 11.0. The fourth-order valence-corrected chi connectivity index (χ4v) is 4.76. The Morgan fingerprint density at radius 3 is 2.50 bits per heavy atom. The smallest absolute Gasteiger partial charge is 0.257 e. The predicted molar refractivity (Wildman–Crippen MR) is 123 cm³/mol. The molecule has 1 saturated heterocycles. The maximum atomic E-state index is 13.3. The lowest BCUT2D eigenvalue weighted by Gasteiger charge is -2.48. The number of anilines is 1. The highest BCUT2D eigenvalue weighted by molar-refractivity contribution is 6.10. The topological polar surface area (TPSA) is 73.0 Å². The second-order valence-electron chi connectivity index (χ2n) is 8.95. The number of carbonyl (C=O) groups is 3. The van der Waals surface area contributed by atoms with Crippen LogP contribution in [0.25, 0.3) is 0 Å². The summed E-state index contributed by atoms with van der Waals surface area (Å²) in [4.78, 5) is 44.1. The van der Waals surface area contributed by atoms with E-state index in [1.165, 1.54) is 5.56 Å². The summed E-state index contributed by atoms with van der Waals surface area (Å²) in [6, 6.07) is 15.3. The van der Waals surface area contributed by atoms with Crippen LogP contribution in [0.5, 0.6) is 0 Å². The molecule has 0 aromatic heterocycles. The van der Waals surface area contributed by atoms with Gasteiger partial charge in [-0.3, -0.25) is 19.3 Å². The molecule has 0 radical (unpaired) electrons. The molecule has 32 heavy (non-hydrogen) atoms. The molecule has 2 aliphatic rings. The Bertz CT molecular complexity index is 1050. The SMILES string of the molecule is CN(C)Cc1ccccc1CNC(=O)CCN1C(=O)c2ccccc2N2C(=O)CCC12C. The zero-order valence-corrected chi connectivity index (χ0v) is 18.9. The lowest BCUT2D eigenvalue weighted by Crippen LogP contribution is -2.62. The number of carbonyl (C=O) groups excluding carboxylic acids is 3. The van der Waals surface area contributed by atoms with Crippen LogP contribution in [0.2, 0.25) is 0 Å². The molecule has 4 rings (SSSR count). The molecule has 7 nitrogen and oxygen atoms in total. The van der Waals surface area contributed by atoms with E-state index < -0.39 is 5.66 Å². The lowest BCUT2D eigenvalue weighted by atomic mass is 9.98. The Kier molecular flexibility index (Phi) is 6.02. The normalized spacial score (nSPS) is 19.9. The molecule has 168 valence electrons. The Morgan fingerprint density at radius 1 is 1.06 bits per heavy atom. The summed E-state index contributed by atoms with van der Waals surface area (Å²) in [5.41, 5.74) is 2.70. The van der Waals surface area contributed by atoms with Crippen LogP contribution in [0.3, 0.4) is 0 Å². The average molecular weight is 435 g/mol. The summed E-state index contributed by atoms with van der Waals surface area (Å²) in [5, 5.41) is 2.99. The monoisotopic (exact) mass is 434 g/mol. The number of nitrogens with one attached hydrogen (secondary N) is 1. The summed E-state index contributed by atoms with van der Waals surface area (Å²) in [7, 11) is 4.03. The summed E-state index contributed by atoms with van der Waals surface area (Å²) < 4.78 is 0. The van der Waals surface area contributed by atoms with Crippen LogP contribution in [0.4, 0.5) is 5.69 Å². The first-order chi connectivity index (χ1) is 15.3. The number of rotatable bonds is 7. The molecule has 3 amide bonds. The van der Waals surface area contributed by atoms with Crippen molar-refractivity contribution < 1.29 is 14.4 Å². The highest BCUT2D eigenvalue weighted by Gasteiger charge is 2.52. The summed E-state index contributed by atoms with van der Waals surface area (Å²) in [5.74, 6) is -0.228. The van der Waals surface area contributed by atoms with Crippen molar-refractivity contribution >= 4 is 23.4 Å². The van der Waals surface area contributed by atoms with E-state index in [4.69, 9.17) is 0 Å². The number of benzene rings is 2. The Hall–Kier alpha value is -3.19. The van der Waals surface area contributed by atoms with Crippen molar-refractivity contribution in [3.8, 4) is 0 Å². The first-order valence-electron chi connectivity index (χ1n) is 11.0. The second-order valence-corrected chi connectivity index (χ2v) is 8.95. The molecule has 2 aromatic carbocycles. The Labute approximate surface area is 189 Å². The molecule has 0 saturated carbocycles. The zero-order valence-electron chi connectivity index (χ0n) is 18.9. The number of hydrogen-bond acceptors (Lipinski definition) is 4. The van der Waals surface area contributed by atoms with Crippen LogP contribution in [0.1, 0.15) is 47.7 Å². The molecular weight excluding hydrogens is 404 g/mol. The van der Waals surface area contributed by atoms with Crippen molar-refractivity contribution in [2.45, 2.75) is 44.9 Å². The third-order valence-corrected chi connectivity index (χ3v) is 6.39. The van der Waals surface area contributed by atoms with Gasteiger partial charge < -0.3 is 15.1 Å². The Balaban J connectivity index is 1.44. The van der Waals surface area contributed by atoms with Crippen molar-refractivity contribution in [1.82, 2.24) is 15.1 Å². The average Bonchev–Trinajstić information content (AvgIpc) is 3.07. The molecule has 0 spiro atoms. The van der Waals surface area contributed by atoms with E-state index in [-0.39, 0.29) is 30.7 Å². The minimum Gasteiger partial charge on any atom is -0.352 e. The van der Waals surface area contributed by atoms with Gasteiger partial charge in [-0.1, -0.05) is 36.4 Å². The van der Waals surface area contributed by atoms with Crippen LogP contribution in [0.15, 0.2) is 48.5 Å². The Morgan fingerprint density at radius 2 is 1.75 bits per heavy atom. The van der Waals surface area contributed by atoms with Gasteiger partial charge in [0, 0.05) is 32.5 Å². The highest BCUT2D eigenvalue weighted by atomic mass is 16.2. The van der Waals surface area contributed by atoms with Crippen LogP contribution in [0, 0.1) is 0 Å². The molecule has 1 fully saturated rings. The fraction of sp³-hybridized carbons (Fsp3) is 0.400. The van der Waals surface area contributed by atoms with Gasteiger partial charge in [0.05, 0.1) is 11.3 Å². The third-order valence-electron chi connectivity index (χ3n) is 6.39. The molecule has 0 aliphatic carbocycles. The number of amides is 3. The van der Waals surface area contributed by atoms with E-state index in [9.17, 15) is 14.4 Å². The molecule has 1 N–H and O–H groups in total. The molecule has 7 heteroatoms. The second kappa shape index (κ2) is 8.74. The number of nitrogens with zero attached hydrogens (tertiary/aromatic N) is 3. The summed E-state index contributed by atoms with van der Waals surface area (Å²) in [6.45, 7) is 3.43. The fourth-order valence-electron chi connectivity index (χ4n) is 4.76. The van der Waals surface area contributed by atoms with E-state index in [2.05, 4.69) is 16.3 Å². The van der Waals surface area contributed by atoms with E-state index >= 15 is 0 Å². The highest BCUT2D eigenvalue weighted by Crippen LogP contribution is 2.43. The van der Waals surface area contributed by atoms with Gasteiger partial charge in [0.1, 0.15) is 5.66 Å². The van der Waals surface area contributed by atoms with Crippen LogP contribution in [-0.4, -0.2) is 53.8 Å². The van der Waals surface area contributed by atoms with Gasteiger partial charge in [0.2, 0.25) is 11.8 Å².